The molecule has 0 unspecified atom stereocenters. The molecule has 0 atom stereocenters. The van der Waals surface area contributed by atoms with Crippen LogP contribution in [0.3, 0.4) is 0 Å². The summed E-state index contributed by atoms with van der Waals surface area (Å²) in [6.07, 6.45) is 8.03. The summed E-state index contributed by atoms with van der Waals surface area (Å²) in [6, 6.07) is 0. The van der Waals surface area contributed by atoms with Crippen LogP contribution in [0.15, 0.2) is 12.0 Å². The van der Waals surface area contributed by atoms with Crippen LogP contribution in [-0.4, -0.2) is 19.0 Å². The Balaban J connectivity index is 2.81. The smallest absolute Gasteiger partial charge is 0.0559 e. The predicted molar refractivity (Wildman–Crippen MR) is 66.9 cm³/mol. The lowest BCUT2D eigenvalue weighted by molar-refractivity contribution is 0.145. The molecule has 0 fully saturated rings. The van der Waals surface area contributed by atoms with Crippen LogP contribution >= 0.6 is 11.8 Å². The maximum atomic E-state index is 5.47. The van der Waals surface area contributed by atoms with Gasteiger partial charge in [0, 0.05) is 12.4 Å². The number of rotatable bonds is 11. The zero-order valence-electron chi connectivity index (χ0n) is 9.46. The molecule has 0 rings (SSSR count). The van der Waals surface area contributed by atoms with E-state index in [9.17, 15) is 0 Å². The highest BCUT2D eigenvalue weighted by Gasteiger charge is 1.90. The van der Waals surface area contributed by atoms with Crippen LogP contribution in [0.5, 0.6) is 0 Å². The second kappa shape index (κ2) is 13.1. The minimum atomic E-state index is 0.867. The quantitative estimate of drug-likeness (QED) is 0.478. The molecule has 0 heterocycles. The van der Waals surface area contributed by atoms with Crippen molar-refractivity contribution in [1.29, 1.82) is 0 Å². The number of unbranched alkanes of at least 4 members (excludes halogenated alkanes) is 5. The maximum absolute atomic E-state index is 5.47. The van der Waals surface area contributed by atoms with Crippen molar-refractivity contribution in [2.24, 2.45) is 0 Å². The van der Waals surface area contributed by atoms with Crippen molar-refractivity contribution in [1.82, 2.24) is 0 Å². The fourth-order valence-electron chi connectivity index (χ4n) is 1.28. The number of hydrogen-bond acceptors (Lipinski definition) is 2. The Kier molecular flexibility index (Phi) is 13.1. The van der Waals surface area contributed by atoms with Crippen LogP contribution in [0.25, 0.3) is 0 Å². The van der Waals surface area contributed by atoms with Crippen LogP contribution in [0, 0.1) is 0 Å². The molecule has 0 aliphatic carbocycles. The third kappa shape index (κ3) is 12.0. The van der Waals surface area contributed by atoms with Crippen molar-refractivity contribution in [3.05, 3.63) is 12.0 Å². The number of hydrogen-bond donors (Lipinski definition) is 0. The van der Waals surface area contributed by atoms with E-state index in [1.54, 1.807) is 11.8 Å². The van der Waals surface area contributed by atoms with Crippen molar-refractivity contribution in [3.8, 4) is 0 Å². The molecule has 14 heavy (non-hydrogen) atoms. The molecule has 0 aliphatic heterocycles. The van der Waals surface area contributed by atoms with E-state index in [1.165, 1.54) is 38.5 Å². The monoisotopic (exact) mass is 216 g/mol. The maximum Gasteiger partial charge on any atom is 0.0559 e. The average molecular weight is 216 g/mol. The number of thioether (sulfide) groups is 1. The standard InChI is InChI=1S/C12H24OS/c1-3-5-6-7-8-9-10-13-11-12-14-4-2/h4H,2-3,5-12H2,1H3. The van der Waals surface area contributed by atoms with Gasteiger partial charge in [0.25, 0.3) is 0 Å². The van der Waals surface area contributed by atoms with E-state index in [2.05, 4.69) is 13.5 Å². The molecule has 0 N–H and O–H groups in total. The van der Waals surface area contributed by atoms with Gasteiger partial charge in [-0.3, -0.25) is 0 Å². The van der Waals surface area contributed by atoms with Gasteiger partial charge in [-0.25, -0.2) is 0 Å². The predicted octanol–water partition coefficient (Wildman–Crippen LogP) is 4.24. The fourth-order valence-corrected chi connectivity index (χ4v) is 1.66. The van der Waals surface area contributed by atoms with Crippen LogP contribution in [0.1, 0.15) is 45.4 Å². The van der Waals surface area contributed by atoms with E-state index in [1.807, 2.05) is 5.41 Å². The van der Waals surface area contributed by atoms with Gasteiger partial charge in [0.2, 0.25) is 0 Å². The first kappa shape index (κ1) is 14.1. The second-order valence-electron chi connectivity index (χ2n) is 3.42. The first-order valence-corrected chi connectivity index (χ1v) is 6.77. The number of ether oxygens (including phenoxy) is 1. The molecule has 0 bridgehead atoms. The Morgan fingerprint density at radius 2 is 1.79 bits per heavy atom. The Morgan fingerprint density at radius 1 is 1.07 bits per heavy atom. The molecule has 0 aromatic rings. The molecule has 2 heteroatoms. The van der Waals surface area contributed by atoms with Gasteiger partial charge in [-0.05, 0) is 11.8 Å². The molecule has 1 nitrogen and oxygen atoms in total. The normalized spacial score (nSPS) is 10.4. The molecule has 0 aliphatic rings. The minimum absolute atomic E-state index is 0.867. The average Bonchev–Trinajstić information content (AvgIpc) is 2.21. The molecule has 0 saturated heterocycles. The molecule has 0 saturated carbocycles. The van der Waals surface area contributed by atoms with Crippen LogP contribution in [0.2, 0.25) is 0 Å². The Morgan fingerprint density at radius 3 is 2.50 bits per heavy atom. The summed E-state index contributed by atoms with van der Waals surface area (Å²) < 4.78 is 5.47. The third-order valence-corrected chi connectivity index (χ3v) is 2.74. The highest BCUT2D eigenvalue weighted by Crippen LogP contribution is 2.05. The van der Waals surface area contributed by atoms with E-state index in [-0.39, 0.29) is 0 Å². The zero-order chi connectivity index (χ0) is 10.5. The highest BCUT2D eigenvalue weighted by atomic mass is 32.2. The van der Waals surface area contributed by atoms with E-state index >= 15 is 0 Å². The summed E-state index contributed by atoms with van der Waals surface area (Å²) in [6.45, 7) is 7.70. The van der Waals surface area contributed by atoms with Crippen LogP contribution < -0.4 is 0 Å². The van der Waals surface area contributed by atoms with Crippen LogP contribution in [-0.2, 0) is 4.74 Å². The van der Waals surface area contributed by atoms with Crippen LogP contribution in [0.4, 0.5) is 0 Å². The van der Waals surface area contributed by atoms with Gasteiger partial charge < -0.3 is 4.74 Å². The van der Waals surface area contributed by atoms with Crippen molar-refractivity contribution in [3.63, 3.8) is 0 Å². The summed E-state index contributed by atoms with van der Waals surface area (Å²) in [5, 5.41) is 1.87. The molecule has 0 aromatic carbocycles. The van der Waals surface area contributed by atoms with Gasteiger partial charge in [-0.15, -0.1) is 11.8 Å². The van der Waals surface area contributed by atoms with E-state index in [0.717, 1.165) is 19.0 Å². The molecule has 0 amide bonds. The van der Waals surface area contributed by atoms with Gasteiger partial charge in [0.05, 0.1) is 6.61 Å². The third-order valence-electron chi connectivity index (χ3n) is 2.11. The second-order valence-corrected chi connectivity index (χ2v) is 4.49. The van der Waals surface area contributed by atoms with Crippen molar-refractivity contribution in [2.45, 2.75) is 45.4 Å². The largest absolute Gasteiger partial charge is 0.381 e. The topological polar surface area (TPSA) is 9.23 Å². The summed E-state index contributed by atoms with van der Waals surface area (Å²) >= 11 is 1.72. The lowest BCUT2D eigenvalue weighted by Crippen LogP contribution is -1.98. The van der Waals surface area contributed by atoms with E-state index < -0.39 is 0 Å². The molecular weight excluding hydrogens is 192 g/mol. The molecule has 0 radical (unpaired) electrons. The first-order chi connectivity index (χ1) is 6.91. The SMILES string of the molecule is C=CSCCOCCCCCCCC. The van der Waals surface area contributed by atoms with Crippen molar-refractivity contribution < 1.29 is 4.74 Å². The Hall–Kier alpha value is 0.0500. The molecular formula is C12H24OS. The lowest BCUT2D eigenvalue weighted by atomic mass is 10.1. The summed E-state index contributed by atoms with van der Waals surface area (Å²) in [5.41, 5.74) is 0. The Bertz CT molecular complexity index is 115. The van der Waals surface area contributed by atoms with Gasteiger partial charge in [0.15, 0.2) is 0 Å². The summed E-state index contributed by atoms with van der Waals surface area (Å²) in [7, 11) is 0. The molecule has 84 valence electrons. The van der Waals surface area contributed by atoms with Gasteiger partial charge in [-0.1, -0.05) is 45.6 Å². The van der Waals surface area contributed by atoms with E-state index in [0.29, 0.717) is 0 Å². The molecule has 0 aromatic heterocycles. The zero-order valence-corrected chi connectivity index (χ0v) is 10.3. The van der Waals surface area contributed by atoms with E-state index in [4.69, 9.17) is 4.74 Å². The summed E-state index contributed by atoms with van der Waals surface area (Å²) in [4.78, 5) is 0. The Labute approximate surface area is 93.3 Å². The van der Waals surface area contributed by atoms with Crippen molar-refractivity contribution in [2.75, 3.05) is 19.0 Å². The highest BCUT2D eigenvalue weighted by molar-refractivity contribution is 8.02. The minimum Gasteiger partial charge on any atom is -0.381 e. The summed E-state index contributed by atoms with van der Waals surface area (Å²) in [5.74, 6) is 1.04. The molecule has 0 spiro atoms. The lowest BCUT2D eigenvalue weighted by Gasteiger charge is -2.02. The fraction of sp³-hybridized carbons (Fsp3) is 0.833. The van der Waals surface area contributed by atoms with Gasteiger partial charge in [0.1, 0.15) is 0 Å². The van der Waals surface area contributed by atoms with Crippen molar-refractivity contribution >= 4 is 11.8 Å². The van der Waals surface area contributed by atoms with Gasteiger partial charge >= 0.3 is 0 Å². The first-order valence-electron chi connectivity index (χ1n) is 5.72. The van der Waals surface area contributed by atoms with Gasteiger partial charge in [-0.2, -0.15) is 0 Å².